The van der Waals surface area contributed by atoms with Crippen molar-refractivity contribution in [1.29, 1.82) is 0 Å². The van der Waals surface area contributed by atoms with Crippen molar-refractivity contribution < 1.29 is 17.9 Å². The highest BCUT2D eigenvalue weighted by atomic mass is 19.4. The van der Waals surface area contributed by atoms with Crippen LogP contribution in [0.4, 0.5) is 13.2 Å². The first-order valence-corrected chi connectivity index (χ1v) is 3.89. The summed E-state index contributed by atoms with van der Waals surface area (Å²) in [7, 11) is 0. The van der Waals surface area contributed by atoms with Gasteiger partial charge in [0.15, 0.2) is 0 Å². The predicted octanol–water partition coefficient (Wildman–Crippen LogP) is 2.96. The fourth-order valence-corrected chi connectivity index (χ4v) is 0.689. The molecule has 0 saturated heterocycles. The molecule has 73 valence electrons. The molecule has 0 saturated carbocycles. The highest BCUT2D eigenvalue weighted by molar-refractivity contribution is 4.80. The molecular weight excluding hydrogens is 169 g/mol. The van der Waals surface area contributed by atoms with Gasteiger partial charge in [0.1, 0.15) is 6.61 Å². The maximum absolute atomic E-state index is 11.7. The summed E-state index contributed by atoms with van der Waals surface area (Å²) in [6, 6.07) is 0. The summed E-state index contributed by atoms with van der Waals surface area (Å²) in [5.74, 6) is 0. The van der Waals surface area contributed by atoms with Crippen LogP contribution in [0.2, 0.25) is 0 Å². The van der Waals surface area contributed by atoms with Crippen LogP contribution in [0.3, 0.4) is 0 Å². The Morgan fingerprint density at radius 3 is 1.83 bits per heavy atom. The maximum atomic E-state index is 11.7. The number of halogens is 3. The van der Waals surface area contributed by atoms with Crippen LogP contribution >= 0.6 is 0 Å². The van der Waals surface area contributed by atoms with E-state index in [0.717, 1.165) is 0 Å². The van der Waals surface area contributed by atoms with Gasteiger partial charge in [0.05, 0.1) is 5.60 Å². The lowest BCUT2D eigenvalue weighted by Gasteiger charge is -2.27. The lowest BCUT2D eigenvalue weighted by molar-refractivity contribution is -0.198. The molecule has 1 nitrogen and oxygen atoms in total. The molecule has 0 aliphatic heterocycles. The fraction of sp³-hybridized carbons (Fsp3) is 0.875. The van der Waals surface area contributed by atoms with Gasteiger partial charge >= 0.3 is 6.18 Å². The summed E-state index contributed by atoms with van der Waals surface area (Å²) in [4.78, 5) is 0. The average Bonchev–Trinajstić information content (AvgIpc) is 1.99. The minimum Gasteiger partial charge on any atom is -0.366 e. The average molecular weight is 183 g/mol. The third kappa shape index (κ3) is 4.59. The number of rotatable bonds is 4. The van der Waals surface area contributed by atoms with Crippen LogP contribution in [-0.2, 0) is 4.74 Å². The van der Waals surface area contributed by atoms with Gasteiger partial charge in [0, 0.05) is 0 Å². The first-order chi connectivity index (χ1) is 5.33. The zero-order valence-electron chi connectivity index (χ0n) is 7.37. The van der Waals surface area contributed by atoms with Gasteiger partial charge in [0.2, 0.25) is 0 Å². The smallest absolute Gasteiger partial charge is 0.366 e. The number of ether oxygens (including phenoxy) is 1. The normalized spacial score (nSPS) is 13.5. The minimum atomic E-state index is -4.26. The molecule has 0 aliphatic rings. The molecule has 0 heterocycles. The zero-order chi connectivity index (χ0) is 9.83. The highest BCUT2D eigenvalue weighted by Gasteiger charge is 2.32. The summed E-state index contributed by atoms with van der Waals surface area (Å²) in [5, 5.41) is 0. The number of hydrogen-bond acceptors (Lipinski definition) is 1. The van der Waals surface area contributed by atoms with E-state index in [1.54, 1.807) is 13.8 Å². The molecule has 0 unspecified atom stereocenters. The minimum absolute atomic E-state index is 0.486. The Morgan fingerprint density at radius 1 is 1.17 bits per heavy atom. The van der Waals surface area contributed by atoms with E-state index in [4.69, 9.17) is 0 Å². The van der Waals surface area contributed by atoms with Crippen LogP contribution < -0.4 is 0 Å². The van der Waals surface area contributed by atoms with Gasteiger partial charge in [0.25, 0.3) is 0 Å². The van der Waals surface area contributed by atoms with Gasteiger partial charge in [-0.15, -0.1) is 0 Å². The Bertz CT molecular complexity index is 127. The van der Waals surface area contributed by atoms with Crippen LogP contribution in [-0.4, -0.2) is 18.4 Å². The number of alkyl halides is 3. The van der Waals surface area contributed by atoms with Crippen LogP contribution in [0, 0.1) is 6.92 Å². The summed E-state index contributed by atoms with van der Waals surface area (Å²) >= 11 is 0. The van der Waals surface area contributed by atoms with Crippen molar-refractivity contribution in [2.75, 3.05) is 6.61 Å². The van der Waals surface area contributed by atoms with Gasteiger partial charge in [-0.3, -0.25) is 0 Å². The Hall–Kier alpha value is -0.250. The summed E-state index contributed by atoms with van der Waals surface area (Å²) < 4.78 is 39.8. The lowest BCUT2D eigenvalue weighted by Crippen LogP contribution is -2.32. The van der Waals surface area contributed by atoms with Crippen molar-refractivity contribution in [1.82, 2.24) is 0 Å². The van der Waals surface area contributed by atoms with Gasteiger partial charge < -0.3 is 4.74 Å². The molecule has 0 fully saturated rings. The van der Waals surface area contributed by atoms with E-state index in [1.807, 2.05) is 0 Å². The van der Waals surface area contributed by atoms with Gasteiger partial charge in [-0.1, -0.05) is 13.8 Å². The van der Waals surface area contributed by atoms with Crippen LogP contribution in [0.1, 0.15) is 26.7 Å². The van der Waals surface area contributed by atoms with Crippen molar-refractivity contribution in [3.8, 4) is 0 Å². The van der Waals surface area contributed by atoms with Crippen molar-refractivity contribution in [2.24, 2.45) is 0 Å². The molecule has 0 amide bonds. The Kier molecular flexibility index (Phi) is 4.03. The predicted molar refractivity (Wildman–Crippen MR) is 40.7 cm³/mol. The third-order valence-electron chi connectivity index (χ3n) is 1.83. The van der Waals surface area contributed by atoms with E-state index >= 15 is 0 Å². The highest BCUT2D eigenvalue weighted by Crippen LogP contribution is 2.23. The first kappa shape index (κ1) is 11.8. The van der Waals surface area contributed by atoms with Gasteiger partial charge in [-0.2, -0.15) is 13.2 Å². The molecule has 0 aliphatic carbocycles. The first-order valence-electron chi connectivity index (χ1n) is 3.89. The second kappa shape index (κ2) is 4.12. The Morgan fingerprint density at radius 2 is 1.58 bits per heavy atom. The number of hydrogen-bond donors (Lipinski definition) is 0. The zero-order valence-corrected chi connectivity index (χ0v) is 7.37. The van der Waals surface area contributed by atoms with E-state index < -0.39 is 18.4 Å². The Balaban J connectivity index is 3.89. The van der Waals surface area contributed by atoms with Crippen molar-refractivity contribution in [3.05, 3.63) is 6.92 Å². The van der Waals surface area contributed by atoms with Crippen LogP contribution in [0.15, 0.2) is 0 Å². The summed E-state index contributed by atoms with van der Waals surface area (Å²) in [5.41, 5.74) is -0.879. The molecule has 0 aromatic heterocycles. The lowest BCUT2D eigenvalue weighted by atomic mass is 10.0. The van der Waals surface area contributed by atoms with Crippen molar-refractivity contribution in [2.45, 2.75) is 38.5 Å². The van der Waals surface area contributed by atoms with E-state index in [1.165, 1.54) is 0 Å². The molecule has 12 heavy (non-hydrogen) atoms. The Labute approximate surface area is 70.9 Å². The summed E-state index contributed by atoms with van der Waals surface area (Å²) in [6.45, 7) is 5.89. The standard InChI is InChI=1S/C8H14F3O/c1-4-7(3,5-2)12-6-8(9,10)11/h3-6H2,1-2H3. The van der Waals surface area contributed by atoms with E-state index in [2.05, 4.69) is 11.7 Å². The van der Waals surface area contributed by atoms with Crippen LogP contribution in [0.5, 0.6) is 0 Å². The van der Waals surface area contributed by atoms with E-state index in [-0.39, 0.29) is 0 Å². The quantitative estimate of drug-likeness (QED) is 0.651. The van der Waals surface area contributed by atoms with Gasteiger partial charge in [-0.25, -0.2) is 0 Å². The maximum Gasteiger partial charge on any atom is 0.411 e. The molecule has 1 radical (unpaired) electrons. The monoisotopic (exact) mass is 183 g/mol. The molecule has 0 bridgehead atoms. The summed E-state index contributed by atoms with van der Waals surface area (Å²) in [6.07, 6.45) is -3.29. The second-order valence-electron chi connectivity index (χ2n) is 2.79. The third-order valence-corrected chi connectivity index (χ3v) is 1.83. The SMILES string of the molecule is [CH2]C(CC)(CC)OCC(F)(F)F. The molecule has 0 N–H and O–H groups in total. The second-order valence-corrected chi connectivity index (χ2v) is 2.79. The topological polar surface area (TPSA) is 9.23 Å². The molecule has 0 rings (SSSR count). The molecule has 4 heteroatoms. The van der Waals surface area contributed by atoms with Gasteiger partial charge in [-0.05, 0) is 19.8 Å². The molecule has 0 aromatic carbocycles. The van der Waals surface area contributed by atoms with Crippen molar-refractivity contribution in [3.63, 3.8) is 0 Å². The fourth-order valence-electron chi connectivity index (χ4n) is 0.689. The molecule has 0 spiro atoms. The van der Waals surface area contributed by atoms with E-state index in [0.29, 0.717) is 12.8 Å². The largest absolute Gasteiger partial charge is 0.411 e. The van der Waals surface area contributed by atoms with Crippen molar-refractivity contribution >= 4 is 0 Å². The molecular formula is C8H14F3O. The molecule has 0 atom stereocenters. The van der Waals surface area contributed by atoms with E-state index in [9.17, 15) is 13.2 Å². The van der Waals surface area contributed by atoms with Crippen LogP contribution in [0.25, 0.3) is 0 Å². The molecule has 0 aromatic rings.